The Morgan fingerprint density at radius 2 is 2.00 bits per heavy atom. The Morgan fingerprint density at radius 1 is 1.35 bits per heavy atom. The van der Waals surface area contributed by atoms with Gasteiger partial charge in [0.05, 0.1) is 18.6 Å². The number of nitriles is 1. The number of amides is 2. The van der Waals surface area contributed by atoms with Gasteiger partial charge < -0.3 is 15.3 Å². The largest absolute Gasteiger partial charge is 0.392 e. The second-order valence-electron chi connectivity index (χ2n) is 6.26. The van der Waals surface area contributed by atoms with Gasteiger partial charge in [0.2, 0.25) is 0 Å². The van der Waals surface area contributed by atoms with Crippen molar-refractivity contribution in [2.45, 2.75) is 57.6 Å². The number of anilines is 1. The first kappa shape index (κ1) is 17.3. The number of rotatable bonds is 5. The molecule has 0 aliphatic heterocycles. The number of hydrogen-bond donors (Lipinski definition) is 2. The summed E-state index contributed by atoms with van der Waals surface area (Å²) in [5.41, 5.74) is 1.64. The maximum absolute atomic E-state index is 12.6. The molecule has 1 aromatic rings. The quantitative estimate of drug-likeness (QED) is 0.875. The van der Waals surface area contributed by atoms with Crippen LogP contribution in [0.4, 0.5) is 10.5 Å². The second kappa shape index (κ2) is 8.54. The fourth-order valence-corrected chi connectivity index (χ4v) is 3.07. The number of carbonyl (C=O) groups is 1. The van der Waals surface area contributed by atoms with Crippen LogP contribution in [-0.2, 0) is 6.42 Å². The van der Waals surface area contributed by atoms with Crippen molar-refractivity contribution in [3.8, 4) is 6.07 Å². The molecule has 0 saturated heterocycles. The molecule has 124 valence electrons. The zero-order valence-electron chi connectivity index (χ0n) is 13.7. The summed E-state index contributed by atoms with van der Waals surface area (Å²) in [5, 5.41) is 21.3. The zero-order chi connectivity index (χ0) is 16.7. The molecule has 2 rings (SSSR count). The third-order valence-corrected chi connectivity index (χ3v) is 4.23. The third-order valence-electron chi connectivity index (χ3n) is 4.23. The lowest BCUT2D eigenvalue weighted by Crippen LogP contribution is -2.47. The highest BCUT2D eigenvalue weighted by atomic mass is 16.3. The number of nitrogens with zero attached hydrogens (tertiary/aromatic N) is 2. The van der Waals surface area contributed by atoms with E-state index in [9.17, 15) is 9.90 Å². The second-order valence-corrected chi connectivity index (χ2v) is 6.26. The molecule has 0 spiro atoms. The van der Waals surface area contributed by atoms with Crippen LogP contribution in [0, 0.1) is 11.3 Å². The Kier molecular flexibility index (Phi) is 6.42. The first-order valence-corrected chi connectivity index (χ1v) is 8.31. The van der Waals surface area contributed by atoms with E-state index < -0.39 is 6.10 Å². The molecule has 5 heteroatoms. The van der Waals surface area contributed by atoms with E-state index in [4.69, 9.17) is 5.26 Å². The maximum Gasteiger partial charge on any atom is 0.322 e. The van der Waals surface area contributed by atoms with E-state index in [0.29, 0.717) is 18.7 Å². The minimum atomic E-state index is -0.541. The van der Waals surface area contributed by atoms with Crippen molar-refractivity contribution < 1.29 is 9.90 Å². The standard InChI is InChI=1S/C18H25N3O2/c1-14(22)13-21(17-5-3-2-4-6-17)18(23)20-16-9-7-15(8-10-16)11-12-19/h7-10,14,17,22H,2-6,11,13H2,1H3,(H,20,23)/t14-/m1/s1. The SMILES string of the molecule is C[C@@H](O)CN(C(=O)Nc1ccc(CC#N)cc1)C1CCCCC1. The summed E-state index contributed by atoms with van der Waals surface area (Å²) in [4.78, 5) is 14.4. The smallest absolute Gasteiger partial charge is 0.322 e. The molecule has 0 aromatic heterocycles. The van der Waals surface area contributed by atoms with Crippen molar-refractivity contribution in [1.82, 2.24) is 4.90 Å². The normalized spacial score (nSPS) is 16.4. The van der Waals surface area contributed by atoms with Gasteiger partial charge in [-0.05, 0) is 37.5 Å². The number of carbonyl (C=O) groups excluding carboxylic acids is 1. The van der Waals surface area contributed by atoms with Gasteiger partial charge in [0.15, 0.2) is 0 Å². The van der Waals surface area contributed by atoms with Crippen LogP contribution < -0.4 is 5.32 Å². The van der Waals surface area contributed by atoms with E-state index >= 15 is 0 Å². The molecule has 0 unspecified atom stereocenters. The van der Waals surface area contributed by atoms with Gasteiger partial charge in [-0.3, -0.25) is 0 Å². The molecule has 1 saturated carbocycles. The van der Waals surface area contributed by atoms with E-state index in [-0.39, 0.29) is 12.1 Å². The molecule has 5 nitrogen and oxygen atoms in total. The number of urea groups is 1. The van der Waals surface area contributed by atoms with Gasteiger partial charge >= 0.3 is 6.03 Å². The van der Waals surface area contributed by atoms with Gasteiger partial charge in [-0.25, -0.2) is 4.79 Å². The predicted molar refractivity (Wildman–Crippen MR) is 90.0 cm³/mol. The fourth-order valence-electron chi connectivity index (χ4n) is 3.07. The Balaban J connectivity index is 2.02. The number of aliphatic hydroxyl groups is 1. The number of nitrogens with one attached hydrogen (secondary N) is 1. The van der Waals surface area contributed by atoms with Crippen molar-refractivity contribution in [2.75, 3.05) is 11.9 Å². The summed E-state index contributed by atoms with van der Waals surface area (Å²) in [5.74, 6) is 0. The summed E-state index contributed by atoms with van der Waals surface area (Å²) in [7, 11) is 0. The van der Waals surface area contributed by atoms with Gasteiger partial charge in [0.25, 0.3) is 0 Å². The lowest BCUT2D eigenvalue weighted by Gasteiger charge is -2.35. The van der Waals surface area contributed by atoms with Crippen LogP contribution in [0.25, 0.3) is 0 Å². The lowest BCUT2D eigenvalue weighted by molar-refractivity contribution is 0.105. The Morgan fingerprint density at radius 3 is 2.57 bits per heavy atom. The average Bonchev–Trinajstić information content (AvgIpc) is 2.55. The molecular formula is C18H25N3O2. The van der Waals surface area contributed by atoms with Crippen LogP contribution in [0.3, 0.4) is 0 Å². The van der Waals surface area contributed by atoms with E-state index in [0.717, 1.165) is 31.2 Å². The highest BCUT2D eigenvalue weighted by Gasteiger charge is 2.26. The predicted octanol–water partition coefficient (Wildman–Crippen LogP) is 3.30. The van der Waals surface area contributed by atoms with Gasteiger partial charge in [0, 0.05) is 18.3 Å². The first-order chi connectivity index (χ1) is 11.1. The highest BCUT2D eigenvalue weighted by Crippen LogP contribution is 2.23. The summed E-state index contributed by atoms with van der Waals surface area (Å²) >= 11 is 0. The third kappa shape index (κ3) is 5.26. The molecule has 0 bridgehead atoms. The monoisotopic (exact) mass is 315 g/mol. The fraction of sp³-hybridized carbons (Fsp3) is 0.556. The average molecular weight is 315 g/mol. The first-order valence-electron chi connectivity index (χ1n) is 8.31. The van der Waals surface area contributed by atoms with E-state index in [1.165, 1.54) is 6.42 Å². The van der Waals surface area contributed by atoms with E-state index in [1.807, 2.05) is 24.3 Å². The van der Waals surface area contributed by atoms with Crippen LogP contribution in [0.15, 0.2) is 24.3 Å². The van der Waals surface area contributed by atoms with Crippen molar-refractivity contribution >= 4 is 11.7 Å². The van der Waals surface area contributed by atoms with Crippen molar-refractivity contribution in [3.63, 3.8) is 0 Å². The van der Waals surface area contributed by atoms with E-state index in [1.54, 1.807) is 11.8 Å². The minimum Gasteiger partial charge on any atom is -0.392 e. The molecule has 1 atom stereocenters. The van der Waals surface area contributed by atoms with Crippen molar-refractivity contribution in [2.24, 2.45) is 0 Å². The zero-order valence-corrected chi connectivity index (χ0v) is 13.7. The molecule has 2 N–H and O–H groups in total. The molecule has 1 aliphatic carbocycles. The van der Waals surface area contributed by atoms with Gasteiger partial charge in [-0.15, -0.1) is 0 Å². The molecule has 23 heavy (non-hydrogen) atoms. The van der Waals surface area contributed by atoms with Crippen molar-refractivity contribution in [3.05, 3.63) is 29.8 Å². The van der Waals surface area contributed by atoms with Crippen LogP contribution in [0.2, 0.25) is 0 Å². The summed E-state index contributed by atoms with van der Waals surface area (Å²) in [6.45, 7) is 2.06. The minimum absolute atomic E-state index is 0.161. The number of benzene rings is 1. The maximum atomic E-state index is 12.6. The number of aliphatic hydroxyl groups excluding tert-OH is 1. The molecule has 1 fully saturated rings. The summed E-state index contributed by atoms with van der Waals surface area (Å²) in [6, 6.07) is 9.46. The molecule has 2 amide bonds. The summed E-state index contributed by atoms with van der Waals surface area (Å²) in [6.07, 6.45) is 5.32. The Bertz CT molecular complexity index is 542. The van der Waals surface area contributed by atoms with Crippen LogP contribution in [0.5, 0.6) is 0 Å². The molecule has 0 radical (unpaired) electrons. The van der Waals surface area contributed by atoms with Crippen molar-refractivity contribution in [1.29, 1.82) is 5.26 Å². The molecule has 1 aliphatic rings. The van der Waals surface area contributed by atoms with Crippen LogP contribution >= 0.6 is 0 Å². The van der Waals surface area contributed by atoms with Gasteiger partial charge in [-0.2, -0.15) is 5.26 Å². The van der Waals surface area contributed by atoms with Crippen LogP contribution in [-0.4, -0.2) is 34.7 Å². The van der Waals surface area contributed by atoms with Crippen LogP contribution in [0.1, 0.15) is 44.6 Å². The Hall–Kier alpha value is -2.06. The highest BCUT2D eigenvalue weighted by molar-refractivity contribution is 5.89. The van der Waals surface area contributed by atoms with E-state index in [2.05, 4.69) is 11.4 Å². The molecule has 0 heterocycles. The van der Waals surface area contributed by atoms with Gasteiger partial charge in [-0.1, -0.05) is 31.4 Å². The summed E-state index contributed by atoms with van der Waals surface area (Å²) < 4.78 is 0. The van der Waals surface area contributed by atoms with Gasteiger partial charge in [0.1, 0.15) is 0 Å². The lowest BCUT2D eigenvalue weighted by atomic mass is 9.94. The number of hydrogen-bond acceptors (Lipinski definition) is 3. The topological polar surface area (TPSA) is 76.4 Å². The molecular weight excluding hydrogens is 290 g/mol. The molecule has 1 aromatic carbocycles. The Labute approximate surface area is 137 Å².